The van der Waals surface area contributed by atoms with Gasteiger partial charge in [-0.1, -0.05) is 147 Å². The van der Waals surface area contributed by atoms with Crippen molar-refractivity contribution >= 4 is 21.9 Å². The van der Waals surface area contributed by atoms with Crippen molar-refractivity contribution in [3.63, 3.8) is 0 Å². The van der Waals surface area contributed by atoms with Crippen LogP contribution in [0.3, 0.4) is 0 Å². The molecule has 2 aliphatic carbocycles. The molecule has 0 radical (unpaired) electrons. The van der Waals surface area contributed by atoms with Crippen LogP contribution in [0.4, 0.5) is 0 Å². The van der Waals surface area contributed by atoms with Crippen molar-refractivity contribution < 1.29 is 4.42 Å². The van der Waals surface area contributed by atoms with Crippen molar-refractivity contribution in [2.75, 3.05) is 0 Å². The maximum atomic E-state index is 6.22. The summed E-state index contributed by atoms with van der Waals surface area (Å²) in [6.45, 7) is 0. The monoisotopic (exact) mass is 631 g/mol. The number of nitrogens with zero attached hydrogens (tertiary/aromatic N) is 3. The first-order chi connectivity index (χ1) is 24.3. The first kappa shape index (κ1) is 28.2. The molecule has 1 fully saturated rings. The van der Waals surface area contributed by atoms with Gasteiger partial charge in [-0.2, -0.15) is 0 Å². The van der Waals surface area contributed by atoms with Gasteiger partial charge in [-0.25, -0.2) is 15.0 Å². The van der Waals surface area contributed by atoms with Crippen LogP contribution in [-0.2, 0) is 5.41 Å². The van der Waals surface area contributed by atoms with Crippen LogP contribution in [0.15, 0.2) is 144 Å². The van der Waals surface area contributed by atoms with Gasteiger partial charge in [-0.3, -0.25) is 0 Å². The third-order valence-electron chi connectivity index (χ3n) is 10.7. The maximum Gasteiger partial charge on any atom is 0.164 e. The highest BCUT2D eigenvalue weighted by Gasteiger charge is 2.45. The van der Waals surface area contributed by atoms with Gasteiger partial charge in [0.1, 0.15) is 11.2 Å². The van der Waals surface area contributed by atoms with Crippen LogP contribution in [0.2, 0.25) is 0 Å². The molecule has 10 rings (SSSR count). The lowest BCUT2D eigenvalue weighted by molar-refractivity contribution is 0.353. The molecule has 8 aromatic rings. The first-order valence-electron chi connectivity index (χ1n) is 17.3. The second-order valence-corrected chi connectivity index (χ2v) is 13.4. The predicted molar refractivity (Wildman–Crippen MR) is 198 cm³/mol. The highest BCUT2D eigenvalue weighted by atomic mass is 16.3. The van der Waals surface area contributed by atoms with E-state index < -0.39 is 0 Å². The second kappa shape index (κ2) is 11.1. The zero-order valence-electron chi connectivity index (χ0n) is 27.1. The quantitative estimate of drug-likeness (QED) is 0.194. The minimum absolute atomic E-state index is 0.0887. The topological polar surface area (TPSA) is 51.8 Å². The van der Waals surface area contributed by atoms with Gasteiger partial charge in [0.05, 0.1) is 0 Å². The minimum atomic E-state index is 0.0887. The highest BCUT2D eigenvalue weighted by Crippen LogP contribution is 2.58. The summed E-state index contributed by atoms with van der Waals surface area (Å²) in [5.41, 5.74) is 13.0. The van der Waals surface area contributed by atoms with Gasteiger partial charge in [-0.05, 0) is 58.4 Å². The summed E-state index contributed by atoms with van der Waals surface area (Å²) in [5.74, 6) is 1.92. The average molecular weight is 632 g/mol. The van der Waals surface area contributed by atoms with Crippen molar-refractivity contribution in [1.82, 2.24) is 15.0 Å². The van der Waals surface area contributed by atoms with E-state index in [0.29, 0.717) is 17.5 Å². The molecule has 0 N–H and O–H groups in total. The molecule has 0 unspecified atom stereocenters. The Hall–Kier alpha value is -5.87. The highest BCUT2D eigenvalue weighted by molar-refractivity contribution is 6.11. The van der Waals surface area contributed by atoms with Gasteiger partial charge in [0.25, 0.3) is 0 Å². The van der Waals surface area contributed by atoms with E-state index in [1.165, 1.54) is 65.5 Å². The number of para-hydroxylation sites is 1. The second-order valence-electron chi connectivity index (χ2n) is 13.4. The summed E-state index contributed by atoms with van der Waals surface area (Å²) < 4.78 is 6.22. The number of furan rings is 1. The lowest BCUT2D eigenvalue weighted by atomic mass is 9.66. The molecule has 2 heterocycles. The lowest BCUT2D eigenvalue weighted by Gasteiger charge is -2.37. The van der Waals surface area contributed by atoms with Crippen LogP contribution >= 0.6 is 0 Å². The van der Waals surface area contributed by atoms with Crippen molar-refractivity contribution in [3.05, 3.63) is 151 Å². The molecule has 6 aromatic carbocycles. The molecule has 49 heavy (non-hydrogen) atoms. The van der Waals surface area contributed by atoms with Gasteiger partial charge in [0.2, 0.25) is 0 Å². The SMILES string of the molecule is c1ccc(-c2nc(-c3ccc(-c4cccc5c4C4(CCCCC4)c4ccccc4-5)cc3)nc(-c3cccc4oc5ccccc5c34)n2)cc1. The van der Waals surface area contributed by atoms with E-state index in [-0.39, 0.29) is 5.41 Å². The van der Waals surface area contributed by atoms with E-state index in [1.54, 1.807) is 0 Å². The number of benzene rings is 6. The molecular weight excluding hydrogens is 599 g/mol. The molecule has 2 aliphatic rings. The Balaban J connectivity index is 1.11. The van der Waals surface area contributed by atoms with E-state index in [0.717, 1.165) is 38.6 Å². The number of aromatic nitrogens is 3. The van der Waals surface area contributed by atoms with E-state index in [1.807, 2.05) is 48.5 Å². The number of fused-ring (bicyclic) bond motifs is 8. The van der Waals surface area contributed by atoms with Gasteiger partial charge in [0, 0.05) is 32.9 Å². The van der Waals surface area contributed by atoms with E-state index in [2.05, 4.69) is 91.0 Å². The fourth-order valence-corrected chi connectivity index (χ4v) is 8.58. The molecule has 234 valence electrons. The van der Waals surface area contributed by atoms with E-state index in [4.69, 9.17) is 19.4 Å². The Bertz CT molecular complexity index is 2520. The summed E-state index contributed by atoms with van der Waals surface area (Å²) in [5, 5.41) is 2.06. The van der Waals surface area contributed by atoms with Crippen molar-refractivity contribution in [3.8, 4) is 56.4 Å². The van der Waals surface area contributed by atoms with Crippen LogP contribution < -0.4 is 0 Å². The molecule has 2 aromatic heterocycles. The number of hydrogen-bond donors (Lipinski definition) is 0. The fraction of sp³-hybridized carbons (Fsp3) is 0.133. The van der Waals surface area contributed by atoms with Crippen molar-refractivity contribution in [1.29, 1.82) is 0 Å². The molecule has 0 bridgehead atoms. The van der Waals surface area contributed by atoms with Gasteiger partial charge in [-0.15, -0.1) is 0 Å². The first-order valence-corrected chi connectivity index (χ1v) is 17.3. The largest absolute Gasteiger partial charge is 0.456 e. The predicted octanol–water partition coefficient (Wildman–Crippen LogP) is 11.7. The molecule has 1 spiro atoms. The number of hydrogen-bond acceptors (Lipinski definition) is 4. The molecular formula is C45H33N3O. The fourth-order valence-electron chi connectivity index (χ4n) is 8.58. The maximum absolute atomic E-state index is 6.22. The summed E-state index contributed by atoms with van der Waals surface area (Å²) in [6, 6.07) is 49.2. The Morgan fingerprint density at radius 2 is 1.02 bits per heavy atom. The van der Waals surface area contributed by atoms with Gasteiger partial charge in [0.15, 0.2) is 17.5 Å². The molecule has 0 atom stereocenters. The minimum Gasteiger partial charge on any atom is -0.456 e. The Morgan fingerprint density at radius 1 is 0.429 bits per heavy atom. The standard InChI is InChI=1S/C45H33N3O/c1-3-13-30(14-4-1)42-46-43(48-44(47-42)36-19-12-22-39-40(36)35-16-6-8-21-38(35)49-39)31-25-23-29(24-26-31)32-17-11-18-34-33-15-5-7-20-37(33)45(41(32)34)27-9-2-10-28-45/h1,3-8,11-26H,2,9-10,27-28H2. The summed E-state index contributed by atoms with van der Waals surface area (Å²) in [6.07, 6.45) is 6.28. The van der Waals surface area contributed by atoms with Crippen LogP contribution in [-0.4, -0.2) is 15.0 Å². The average Bonchev–Trinajstić information content (AvgIpc) is 3.69. The molecule has 0 saturated heterocycles. The number of rotatable bonds is 4. The van der Waals surface area contributed by atoms with Gasteiger partial charge >= 0.3 is 0 Å². The van der Waals surface area contributed by atoms with E-state index in [9.17, 15) is 0 Å². The molecule has 0 aliphatic heterocycles. The molecule has 4 nitrogen and oxygen atoms in total. The van der Waals surface area contributed by atoms with Gasteiger partial charge < -0.3 is 4.42 Å². The molecule has 0 amide bonds. The summed E-state index contributed by atoms with van der Waals surface area (Å²) >= 11 is 0. The van der Waals surface area contributed by atoms with E-state index >= 15 is 0 Å². The van der Waals surface area contributed by atoms with Crippen LogP contribution in [0.5, 0.6) is 0 Å². The van der Waals surface area contributed by atoms with Crippen LogP contribution in [0, 0.1) is 0 Å². The third-order valence-corrected chi connectivity index (χ3v) is 10.7. The smallest absolute Gasteiger partial charge is 0.164 e. The summed E-state index contributed by atoms with van der Waals surface area (Å²) in [4.78, 5) is 15.2. The van der Waals surface area contributed by atoms with Crippen LogP contribution in [0.1, 0.15) is 43.2 Å². The van der Waals surface area contributed by atoms with Crippen molar-refractivity contribution in [2.45, 2.75) is 37.5 Å². The zero-order valence-corrected chi connectivity index (χ0v) is 27.1. The molecule has 4 heteroatoms. The lowest BCUT2D eigenvalue weighted by Crippen LogP contribution is -2.28. The third kappa shape index (κ3) is 4.40. The Labute approximate surface area is 285 Å². The normalized spacial score (nSPS) is 14.7. The van der Waals surface area contributed by atoms with Crippen molar-refractivity contribution in [2.24, 2.45) is 0 Å². The summed E-state index contributed by atoms with van der Waals surface area (Å²) in [7, 11) is 0. The Kier molecular flexibility index (Phi) is 6.38. The zero-order chi connectivity index (χ0) is 32.4. The Morgan fingerprint density at radius 3 is 1.86 bits per heavy atom. The molecule has 1 saturated carbocycles. The van der Waals surface area contributed by atoms with Crippen LogP contribution in [0.25, 0.3) is 78.4 Å².